The van der Waals surface area contributed by atoms with E-state index in [1.54, 1.807) is 5.98 Å². The fraction of sp³-hybridized carbons (Fsp3) is 0.0476. The second-order valence-corrected chi connectivity index (χ2v) is 8.65. The van der Waals surface area contributed by atoms with Crippen LogP contribution in [0.5, 0.6) is 0 Å². The van der Waals surface area contributed by atoms with Crippen LogP contribution in [0.3, 0.4) is 0 Å². The summed E-state index contributed by atoms with van der Waals surface area (Å²) >= 11 is 0. The van der Waals surface area contributed by atoms with Gasteiger partial charge in [-0.15, -0.1) is 0 Å². The lowest BCUT2D eigenvalue weighted by Crippen LogP contribution is -2.27. The molecule has 0 amide bonds. The standard InChI is InChI=1S/C21H19O2P/c1-18(22)23-17-24(19-11-5-2-6-12-19,20-13-7-3-8-14-20)21-15-9-4-10-16-21/h2-17H,1H3. The summed E-state index contributed by atoms with van der Waals surface area (Å²) in [4.78, 5) is 11.5. The minimum absolute atomic E-state index is 0.304. The minimum atomic E-state index is -2.18. The zero-order valence-corrected chi connectivity index (χ0v) is 14.4. The molecule has 0 heterocycles. The Hall–Kier alpha value is -2.57. The first kappa shape index (κ1) is 16.3. The van der Waals surface area contributed by atoms with Crippen molar-refractivity contribution in [1.82, 2.24) is 0 Å². The lowest BCUT2D eigenvalue weighted by molar-refractivity contribution is -0.132. The van der Waals surface area contributed by atoms with Gasteiger partial charge >= 0.3 is 5.97 Å². The van der Waals surface area contributed by atoms with Crippen LogP contribution in [0.15, 0.2) is 91.0 Å². The number of esters is 1. The summed E-state index contributed by atoms with van der Waals surface area (Å²) in [5.74, 6) is 1.46. The average Bonchev–Trinajstić information content (AvgIpc) is 2.65. The molecule has 0 saturated heterocycles. The molecule has 0 N–H and O–H groups in total. The topological polar surface area (TPSA) is 26.3 Å². The molecule has 0 radical (unpaired) electrons. The maximum absolute atomic E-state index is 11.5. The van der Waals surface area contributed by atoms with Crippen LogP contribution in [0, 0.1) is 0 Å². The molecule has 3 aromatic rings. The molecule has 0 aliphatic heterocycles. The van der Waals surface area contributed by atoms with Crippen molar-refractivity contribution in [2.75, 3.05) is 0 Å². The van der Waals surface area contributed by atoms with E-state index in [0.717, 1.165) is 15.9 Å². The van der Waals surface area contributed by atoms with Crippen LogP contribution in [0.1, 0.15) is 6.92 Å². The molecule has 0 unspecified atom stereocenters. The summed E-state index contributed by atoms with van der Waals surface area (Å²) in [5.41, 5.74) is 0. The van der Waals surface area contributed by atoms with E-state index in [4.69, 9.17) is 4.74 Å². The Bertz CT molecular complexity index is 753. The van der Waals surface area contributed by atoms with E-state index in [0.29, 0.717) is 0 Å². The van der Waals surface area contributed by atoms with Crippen molar-refractivity contribution in [2.24, 2.45) is 0 Å². The van der Waals surface area contributed by atoms with Gasteiger partial charge in [0.2, 0.25) is 0 Å². The van der Waals surface area contributed by atoms with E-state index in [-0.39, 0.29) is 5.97 Å². The SMILES string of the molecule is CC(=O)OC=P(c1ccccc1)(c1ccccc1)c1ccccc1. The van der Waals surface area contributed by atoms with Gasteiger partial charge in [-0.05, 0) is 15.9 Å². The summed E-state index contributed by atoms with van der Waals surface area (Å²) in [6.07, 6.45) is 0. The number of hydrogen-bond acceptors (Lipinski definition) is 2. The summed E-state index contributed by atoms with van der Waals surface area (Å²) in [6, 6.07) is 30.8. The van der Waals surface area contributed by atoms with Gasteiger partial charge < -0.3 is 4.74 Å². The van der Waals surface area contributed by atoms with Crippen LogP contribution in [0.2, 0.25) is 0 Å². The molecule has 24 heavy (non-hydrogen) atoms. The quantitative estimate of drug-likeness (QED) is 0.540. The van der Waals surface area contributed by atoms with Gasteiger partial charge in [-0.25, -0.2) is 0 Å². The van der Waals surface area contributed by atoms with E-state index in [9.17, 15) is 4.79 Å². The van der Waals surface area contributed by atoms with Crippen LogP contribution < -0.4 is 15.9 Å². The van der Waals surface area contributed by atoms with Gasteiger partial charge in [0.05, 0.1) is 0 Å². The number of ether oxygens (including phenoxy) is 1. The Kier molecular flexibility index (Phi) is 4.98. The highest BCUT2D eigenvalue weighted by Crippen LogP contribution is 2.43. The third-order valence-corrected chi connectivity index (χ3v) is 7.63. The van der Waals surface area contributed by atoms with Crippen molar-refractivity contribution in [3.05, 3.63) is 91.0 Å². The average molecular weight is 334 g/mol. The Morgan fingerprint density at radius 2 is 1.04 bits per heavy atom. The van der Waals surface area contributed by atoms with Crippen molar-refractivity contribution in [3.8, 4) is 0 Å². The summed E-state index contributed by atoms with van der Waals surface area (Å²) < 4.78 is 5.46. The summed E-state index contributed by atoms with van der Waals surface area (Å²) in [6.45, 7) is -0.739. The van der Waals surface area contributed by atoms with Crippen LogP contribution in [0.25, 0.3) is 0 Å². The number of carbonyl (C=O) groups excluding carboxylic acids is 1. The number of hydrogen-bond donors (Lipinski definition) is 0. The molecule has 0 bridgehead atoms. The van der Waals surface area contributed by atoms with E-state index in [1.165, 1.54) is 6.92 Å². The van der Waals surface area contributed by atoms with E-state index >= 15 is 0 Å². The Morgan fingerprint density at radius 3 is 1.33 bits per heavy atom. The maximum Gasteiger partial charge on any atom is 0.307 e. The monoisotopic (exact) mass is 334 g/mol. The molecule has 3 heteroatoms. The second-order valence-electron chi connectivity index (χ2n) is 5.44. The van der Waals surface area contributed by atoms with Gasteiger partial charge in [0, 0.05) is 13.8 Å². The van der Waals surface area contributed by atoms with Gasteiger partial charge in [0.1, 0.15) is 5.98 Å². The number of carbonyl (C=O) groups is 1. The van der Waals surface area contributed by atoms with Crippen LogP contribution in [-0.2, 0) is 9.53 Å². The maximum atomic E-state index is 11.5. The highest BCUT2D eigenvalue weighted by Gasteiger charge is 2.26. The molecule has 0 atom stereocenters. The smallest absolute Gasteiger partial charge is 0.307 e. The van der Waals surface area contributed by atoms with Crippen molar-refractivity contribution in [2.45, 2.75) is 6.92 Å². The molecule has 0 saturated carbocycles. The van der Waals surface area contributed by atoms with Crippen LogP contribution in [-0.4, -0.2) is 12.0 Å². The predicted molar refractivity (Wildman–Crippen MR) is 103 cm³/mol. The van der Waals surface area contributed by atoms with E-state index < -0.39 is 6.89 Å². The van der Waals surface area contributed by atoms with Crippen molar-refractivity contribution >= 4 is 34.8 Å². The molecule has 3 rings (SSSR count). The van der Waals surface area contributed by atoms with Crippen molar-refractivity contribution in [1.29, 1.82) is 0 Å². The zero-order valence-electron chi connectivity index (χ0n) is 13.5. The minimum Gasteiger partial charge on any atom is -0.434 e. The zero-order chi connectivity index (χ0) is 16.8. The fourth-order valence-electron chi connectivity index (χ4n) is 2.77. The van der Waals surface area contributed by atoms with E-state index in [1.807, 2.05) is 54.6 Å². The normalized spacial score (nSPS) is 10.9. The highest BCUT2D eigenvalue weighted by molar-refractivity contribution is 7.94. The molecule has 0 spiro atoms. The summed E-state index contributed by atoms with van der Waals surface area (Å²) in [5, 5.41) is 3.47. The number of rotatable bonds is 4. The van der Waals surface area contributed by atoms with Gasteiger partial charge in [-0.1, -0.05) is 91.0 Å². The van der Waals surface area contributed by atoms with Gasteiger partial charge in [-0.3, -0.25) is 4.79 Å². The third-order valence-electron chi connectivity index (χ3n) is 3.87. The van der Waals surface area contributed by atoms with E-state index in [2.05, 4.69) is 36.4 Å². The molecule has 120 valence electrons. The Labute approximate surface area is 142 Å². The van der Waals surface area contributed by atoms with Crippen LogP contribution >= 0.6 is 6.89 Å². The Morgan fingerprint density at radius 1 is 0.708 bits per heavy atom. The molecular formula is C21H19O2P. The number of benzene rings is 3. The highest BCUT2D eigenvalue weighted by atomic mass is 31.2. The largest absolute Gasteiger partial charge is 0.434 e. The molecule has 0 aliphatic rings. The Balaban J connectivity index is 2.37. The summed E-state index contributed by atoms with van der Waals surface area (Å²) in [7, 11) is 0. The first-order chi connectivity index (χ1) is 11.7. The predicted octanol–water partition coefficient (Wildman–Crippen LogP) is 3.30. The molecule has 0 aromatic heterocycles. The molecular weight excluding hydrogens is 315 g/mol. The van der Waals surface area contributed by atoms with Gasteiger partial charge in [-0.2, -0.15) is 0 Å². The van der Waals surface area contributed by atoms with Gasteiger partial charge in [0.25, 0.3) is 0 Å². The molecule has 3 aromatic carbocycles. The second kappa shape index (κ2) is 7.33. The molecule has 0 fully saturated rings. The molecule has 0 aliphatic carbocycles. The van der Waals surface area contributed by atoms with Crippen molar-refractivity contribution in [3.63, 3.8) is 0 Å². The lowest BCUT2D eigenvalue weighted by Gasteiger charge is -2.27. The van der Waals surface area contributed by atoms with Gasteiger partial charge in [0.15, 0.2) is 0 Å². The lowest BCUT2D eigenvalue weighted by atomic mass is 10.4. The first-order valence-electron chi connectivity index (χ1n) is 7.81. The fourth-order valence-corrected chi connectivity index (χ4v) is 6.27. The first-order valence-corrected chi connectivity index (χ1v) is 9.66. The third kappa shape index (κ3) is 3.20. The van der Waals surface area contributed by atoms with Crippen molar-refractivity contribution < 1.29 is 9.53 Å². The van der Waals surface area contributed by atoms with Crippen LogP contribution in [0.4, 0.5) is 0 Å². The molecule has 2 nitrogen and oxygen atoms in total.